The first-order valence-electron chi connectivity index (χ1n) is 3.84. The van der Waals surface area contributed by atoms with Gasteiger partial charge < -0.3 is 5.73 Å². The van der Waals surface area contributed by atoms with E-state index in [-0.39, 0.29) is 18.8 Å². The molecule has 2 unspecified atom stereocenters. The Bertz CT molecular complexity index is 137. The van der Waals surface area contributed by atoms with Crippen molar-refractivity contribution in [1.29, 1.82) is 0 Å². The molecule has 0 aliphatic heterocycles. The molecule has 0 bridgehead atoms. The summed E-state index contributed by atoms with van der Waals surface area (Å²) in [5.74, 6) is -1.25. The van der Waals surface area contributed by atoms with Crippen LogP contribution in [0.3, 0.4) is 0 Å². The van der Waals surface area contributed by atoms with E-state index >= 15 is 0 Å². The standard InChI is InChI=1S/C7H12F3N.ClH/c8-7(9,10)5-3-1-2-4-6(5)11;/h5-6H,1-4,11H2;1H. The van der Waals surface area contributed by atoms with Crippen molar-refractivity contribution in [2.75, 3.05) is 0 Å². The maximum Gasteiger partial charge on any atom is 0.393 e. The molecule has 0 aromatic rings. The zero-order valence-electron chi connectivity index (χ0n) is 6.60. The molecule has 2 atom stereocenters. The molecule has 0 amide bonds. The minimum Gasteiger partial charge on any atom is -0.327 e. The lowest BCUT2D eigenvalue weighted by molar-refractivity contribution is -0.186. The molecule has 2 N–H and O–H groups in total. The highest BCUT2D eigenvalue weighted by atomic mass is 35.5. The third-order valence-corrected chi connectivity index (χ3v) is 2.24. The molecular formula is C7H13ClF3N. The summed E-state index contributed by atoms with van der Waals surface area (Å²) in [6, 6.07) is -0.663. The Morgan fingerprint density at radius 2 is 1.58 bits per heavy atom. The molecule has 5 heteroatoms. The number of hydrogen-bond acceptors (Lipinski definition) is 1. The number of hydrogen-bond donors (Lipinski definition) is 1. The zero-order chi connectivity index (χ0) is 8.48. The second-order valence-corrected chi connectivity index (χ2v) is 3.10. The second kappa shape index (κ2) is 4.33. The Hall–Kier alpha value is 0.0400. The fourth-order valence-electron chi connectivity index (χ4n) is 1.57. The van der Waals surface area contributed by atoms with Gasteiger partial charge in [-0.05, 0) is 12.8 Å². The molecule has 0 aromatic heterocycles. The normalized spacial score (nSPS) is 31.0. The highest BCUT2D eigenvalue weighted by molar-refractivity contribution is 5.85. The summed E-state index contributed by atoms with van der Waals surface area (Å²) in [5, 5.41) is 0. The van der Waals surface area contributed by atoms with Gasteiger partial charge in [0.15, 0.2) is 0 Å². The molecule has 0 heterocycles. The quantitative estimate of drug-likeness (QED) is 0.643. The Morgan fingerprint density at radius 1 is 1.08 bits per heavy atom. The van der Waals surface area contributed by atoms with Gasteiger partial charge in [-0.25, -0.2) is 0 Å². The van der Waals surface area contributed by atoms with Crippen molar-refractivity contribution in [3.05, 3.63) is 0 Å². The zero-order valence-corrected chi connectivity index (χ0v) is 7.42. The summed E-state index contributed by atoms with van der Waals surface area (Å²) in [7, 11) is 0. The van der Waals surface area contributed by atoms with Crippen LogP contribution in [-0.4, -0.2) is 12.2 Å². The van der Waals surface area contributed by atoms with Gasteiger partial charge in [-0.3, -0.25) is 0 Å². The van der Waals surface area contributed by atoms with E-state index in [9.17, 15) is 13.2 Å². The van der Waals surface area contributed by atoms with Gasteiger partial charge in [0, 0.05) is 6.04 Å². The van der Waals surface area contributed by atoms with Crippen molar-refractivity contribution in [2.24, 2.45) is 11.7 Å². The molecule has 1 saturated carbocycles. The van der Waals surface area contributed by atoms with Crippen LogP contribution in [0.1, 0.15) is 25.7 Å². The van der Waals surface area contributed by atoms with Crippen LogP contribution in [-0.2, 0) is 0 Å². The third-order valence-electron chi connectivity index (χ3n) is 2.24. The molecule has 12 heavy (non-hydrogen) atoms. The largest absolute Gasteiger partial charge is 0.393 e. The van der Waals surface area contributed by atoms with E-state index in [1.54, 1.807) is 0 Å². The van der Waals surface area contributed by atoms with Crippen molar-refractivity contribution in [3.8, 4) is 0 Å². The summed E-state index contributed by atoms with van der Waals surface area (Å²) >= 11 is 0. The van der Waals surface area contributed by atoms with Gasteiger partial charge >= 0.3 is 6.18 Å². The Balaban J connectivity index is 0.00000121. The monoisotopic (exact) mass is 203 g/mol. The molecular weight excluding hydrogens is 191 g/mol. The molecule has 0 saturated heterocycles. The first kappa shape index (κ1) is 12.0. The summed E-state index contributed by atoms with van der Waals surface area (Å²) < 4.78 is 36.3. The number of nitrogens with two attached hydrogens (primary N) is 1. The summed E-state index contributed by atoms with van der Waals surface area (Å²) in [6.45, 7) is 0. The van der Waals surface area contributed by atoms with Gasteiger partial charge in [-0.15, -0.1) is 12.4 Å². The number of rotatable bonds is 0. The van der Waals surface area contributed by atoms with Gasteiger partial charge in [0.25, 0.3) is 0 Å². The van der Waals surface area contributed by atoms with Crippen LogP contribution in [0.4, 0.5) is 13.2 Å². The minimum atomic E-state index is -4.08. The van der Waals surface area contributed by atoms with Gasteiger partial charge in [-0.1, -0.05) is 12.8 Å². The molecule has 0 aromatic carbocycles. The molecule has 1 aliphatic carbocycles. The van der Waals surface area contributed by atoms with Crippen molar-refractivity contribution < 1.29 is 13.2 Å². The van der Waals surface area contributed by atoms with E-state index in [1.807, 2.05) is 0 Å². The molecule has 74 valence electrons. The van der Waals surface area contributed by atoms with Crippen LogP contribution in [0.2, 0.25) is 0 Å². The van der Waals surface area contributed by atoms with E-state index < -0.39 is 18.1 Å². The van der Waals surface area contributed by atoms with E-state index in [4.69, 9.17) is 5.73 Å². The lowest BCUT2D eigenvalue weighted by Crippen LogP contribution is -2.41. The predicted octanol–water partition coefficient (Wildman–Crippen LogP) is 2.49. The average molecular weight is 204 g/mol. The SMILES string of the molecule is Cl.NC1CCCCC1C(F)(F)F. The van der Waals surface area contributed by atoms with Gasteiger partial charge in [0.2, 0.25) is 0 Å². The van der Waals surface area contributed by atoms with Crippen LogP contribution < -0.4 is 5.73 Å². The highest BCUT2D eigenvalue weighted by Crippen LogP contribution is 2.36. The maximum absolute atomic E-state index is 12.1. The van der Waals surface area contributed by atoms with Crippen LogP contribution >= 0.6 is 12.4 Å². The van der Waals surface area contributed by atoms with E-state index in [0.717, 1.165) is 6.42 Å². The van der Waals surface area contributed by atoms with Gasteiger partial charge in [0.1, 0.15) is 0 Å². The smallest absolute Gasteiger partial charge is 0.327 e. The topological polar surface area (TPSA) is 26.0 Å². The Morgan fingerprint density at radius 3 is 1.92 bits per heavy atom. The fraction of sp³-hybridized carbons (Fsp3) is 1.00. The van der Waals surface area contributed by atoms with Crippen LogP contribution in [0.25, 0.3) is 0 Å². The van der Waals surface area contributed by atoms with Crippen molar-refractivity contribution in [1.82, 2.24) is 0 Å². The van der Waals surface area contributed by atoms with E-state index in [2.05, 4.69) is 0 Å². The predicted molar refractivity (Wildman–Crippen MR) is 43.2 cm³/mol. The average Bonchev–Trinajstić information content (AvgIpc) is 1.86. The summed E-state index contributed by atoms with van der Waals surface area (Å²) in [4.78, 5) is 0. The first-order chi connectivity index (χ1) is 5.02. The lowest BCUT2D eigenvalue weighted by atomic mass is 9.85. The molecule has 1 fully saturated rings. The molecule has 1 aliphatic rings. The van der Waals surface area contributed by atoms with Crippen LogP contribution in [0.5, 0.6) is 0 Å². The van der Waals surface area contributed by atoms with Crippen molar-refractivity contribution in [3.63, 3.8) is 0 Å². The highest BCUT2D eigenvalue weighted by Gasteiger charge is 2.43. The van der Waals surface area contributed by atoms with Crippen molar-refractivity contribution >= 4 is 12.4 Å². The van der Waals surface area contributed by atoms with Crippen LogP contribution in [0, 0.1) is 5.92 Å². The van der Waals surface area contributed by atoms with Crippen molar-refractivity contribution in [2.45, 2.75) is 37.9 Å². The fourth-order valence-corrected chi connectivity index (χ4v) is 1.57. The minimum absolute atomic E-state index is 0. The molecule has 0 spiro atoms. The van der Waals surface area contributed by atoms with Crippen LogP contribution in [0.15, 0.2) is 0 Å². The molecule has 0 radical (unpaired) electrons. The lowest BCUT2D eigenvalue weighted by Gasteiger charge is -2.29. The molecule has 1 rings (SSSR count). The summed E-state index contributed by atoms with van der Waals surface area (Å²) in [5.41, 5.74) is 5.35. The van der Waals surface area contributed by atoms with Gasteiger partial charge in [0.05, 0.1) is 5.92 Å². The third kappa shape index (κ3) is 2.83. The Kier molecular flexibility index (Phi) is 4.34. The summed E-state index contributed by atoms with van der Waals surface area (Å²) in [6.07, 6.45) is -1.85. The first-order valence-corrected chi connectivity index (χ1v) is 3.84. The maximum atomic E-state index is 12.1. The molecule has 1 nitrogen and oxygen atoms in total. The van der Waals surface area contributed by atoms with E-state index in [1.165, 1.54) is 0 Å². The Labute approximate surface area is 75.9 Å². The van der Waals surface area contributed by atoms with E-state index in [0.29, 0.717) is 12.8 Å². The van der Waals surface area contributed by atoms with Gasteiger partial charge in [-0.2, -0.15) is 13.2 Å². The number of halogens is 4. The number of alkyl halides is 3. The second-order valence-electron chi connectivity index (χ2n) is 3.10.